The van der Waals surface area contributed by atoms with E-state index in [4.69, 9.17) is 16.3 Å². The highest BCUT2D eigenvalue weighted by Gasteiger charge is 2.32. The number of likely N-dealkylation sites (tertiary alicyclic amines) is 1. The predicted octanol–water partition coefficient (Wildman–Crippen LogP) is 3.91. The molecule has 1 amide bonds. The lowest BCUT2D eigenvalue weighted by Crippen LogP contribution is -2.46. The maximum Gasteiger partial charge on any atom is 0.225 e. The summed E-state index contributed by atoms with van der Waals surface area (Å²) in [5.74, 6) is -2.04. The number of sulfonamides is 1. The zero-order valence-corrected chi connectivity index (χ0v) is 21.5. The summed E-state index contributed by atoms with van der Waals surface area (Å²) in [4.78, 5) is 27.4. The summed E-state index contributed by atoms with van der Waals surface area (Å²) in [6.07, 6.45) is 2.78. The minimum absolute atomic E-state index is 0.0641. The third kappa shape index (κ3) is 6.70. The van der Waals surface area contributed by atoms with Crippen LogP contribution in [0.5, 0.6) is 0 Å². The van der Waals surface area contributed by atoms with Crippen molar-refractivity contribution in [3.05, 3.63) is 58.9 Å². The summed E-state index contributed by atoms with van der Waals surface area (Å²) in [6.45, 7) is 1.55. The van der Waals surface area contributed by atoms with Crippen LogP contribution < -0.4 is 4.72 Å². The fraction of sp³-hybridized carbons (Fsp3) is 0.462. The minimum atomic E-state index is -3.83. The highest BCUT2D eigenvalue weighted by atomic mass is 35.5. The molecular weight excluding hydrogens is 507 g/mol. The van der Waals surface area contributed by atoms with Gasteiger partial charge in [0.05, 0.1) is 22.9 Å². The molecule has 2 aliphatic heterocycles. The zero-order chi connectivity index (χ0) is 25.7. The molecule has 2 aromatic carbocycles. The number of ether oxygens (including phenoxy) is 1. The minimum Gasteiger partial charge on any atom is -0.381 e. The second-order valence-corrected chi connectivity index (χ2v) is 11.6. The predicted molar refractivity (Wildman–Crippen MR) is 136 cm³/mol. The van der Waals surface area contributed by atoms with Crippen molar-refractivity contribution in [2.45, 2.75) is 25.7 Å². The van der Waals surface area contributed by atoms with Crippen molar-refractivity contribution in [3.8, 4) is 11.1 Å². The smallest absolute Gasteiger partial charge is 0.225 e. The molecule has 0 saturated carbocycles. The zero-order valence-electron chi connectivity index (χ0n) is 19.9. The van der Waals surface area contributed by atoms with Crippen molar-refractivity contribution in [2.24, 2.45) is 11.8 Å². The highest BCUT2D eigenvalue weighted by Crippen LogP contribution is 2.28. The largest absolute Gasteiger partial charge is 0.381 e. The SMILES string of the molecule is O=C(CNS(=O)(=O)CC1CCCN(C(=O)C2CCOCC2)C1)c1cc(-c2ccccc2)cc(Cl)c1F. The molecule has 2 saturated heterocycles. The normalized spacial score (nSPS) is 19.3. The van der Waals surface area contributed by atoms with Crippen LogP contribution in [0.2, 0.25) is 5.02 Å². The van der Waals surface area contributed by atoms with Crippen molar-refractivity contribution in [1.82, 2.24) is 9.62 Å². The molecule has 36 heavy (non-hydrogen) atoms. The number of hydrogen-bond donors (Lipinski definition) is 1. The maximum atomic E-state index is 14.6. The molecule has 2 heterocycles. The first-order chi connectivity index (χ1) is 17.2. The molecule has 2 aliphatic rings. The van der Waals surface area contributed by atoms with Gasteiger partial charge in [-0.2, -0.15) is 0 Å². The molecule has 0 spiro atoms. The molecular formula is C26H30ClFN2O5S. The lowest BCUT2D eigenvalue weighted by molar-refractivity contribution is -0.140. The van der Waals surface area contributed by atoms with Crippen LogP contribution >= 0.6 is 11.6 Å². The van der Waals surface area contributed by atoms with E-state index in [0.717, 1.165) is 12.0 Å². The average molecular weight is 537 g/mol. The fourth-order valence-electron chi connectivity index (χ4n) is 4.83. The molecule has 7 nitrogen and oxygen atoms in total. The maximum absolute atomic E-state index is 14.6. The lowest BCUT2D eigenvalue weighted by Gasteiger charge is -2.35. The van der Waals surface area contributed by atoms with E-state index < -0.39 is 28.2 Å². The van der Waals surface area contributed by atoms with Crippen LogP contribution in [0.4, 0.5) is 4.39 Å². The second-order valence-electron chi connectivity index (χ2n) is 9.39. The van der Waals surface area contributed by atoms with Crippen molar-refractivity contribution in [2.75, 3.05) is 38.6 Å². The first kappa shape index (κ1) is 26.7. The Labute approximate surface area is 216 Å². The van der Waals surface area contributed by atoms with Crippen LogP contribution in [0.1, 0.15) is 36.0 Å². The molecule has 4 rings (SSSR count). The van der Waals surface area contributed by atoms with Crippen molar-refractivity contribution >= 4 is 33.3 Å². The Morgan fingerprint density at radius 1 is 1.08 bits per heavy atom. The molecule has 194 valence electrons. The summed E-state index contributed by atoms with van der Waals surface area (Å²) < 4.78 is 47.8. The quantitative estimate of drug-likeness (QED) is 0.516. The molecule has 0 radical (unpaired) electrons. The number of carbonyl (C=O) groups is 2. The topological polar surface area (TPSA) is 92.8 Å². The van der Waals surface area contributed by atoms with Gasteiger partial charge in [-0.15, -0.1) is 0 Å². The van der Waals surface area contributed by atoms with Gasteiger partial charge < -0.3 is 9.64 Å². The van der Waals surface area contributed by atoms with Gasteiger partial charge in [0.2, 0.25) is 15.9 Å². The van der Waals surface area contributed by atoms with E-state index in [1.807, 2.05) is 18.2 Å². The summed E-state index contributed by atoms with van der Waals surface area (Å²) in [5, 5.41) is -0.209. The van der Waals surface area contributed by atoms with Crippen molar-refractivity contribution in [3.63, 3.8) is 0 Å². The molecule has 0 aliphatic carbocycles. The third-order valence-corrected chi connectivity index (χ3v) is 8.51. The van der Waals surface area contributed by atoms with E-state index in [1.54, 1.807) is 17.0 Å². The summed E-state index contributed by atoms with van der Waals surface area (Å²) in [5.41, 5.74) is 1.05. The van der Waals surface area contributed by atoms with E-state index in [2.05, 4.69) is 4.72 Å². The number of benzene rings is 2. The molecule has 2 aromatic rings. The number of nitrogens with zero attached hydrogens (tertiary/aromatic N) is 1. The van der Waals surface area contributed by atoms with E-state index in [9.17, 15) is 22.4 Å². The fourth-order valence-corrected chi connectivity index (χ4v) is 6.41. The van der Waals surface area contributed by atoms with Crippen molar-refractivity contribution < 1.29 is 27.1 Å². The number of piperidine rings is 1. The molecule has 2 fully saturated rings. The number of Topliss-reactive ketones (excluding diaryl/α,β-unsaturated/α-hetero) is 1. The first-order valence-corrected chi connectivity index (χ1v) is 14.2. The van der Waals surface area contributed by atoms with Crippen LogP contribution in [-0.4, -0.2) is 63.6 Å². The van der Waals surface area contributed by atoms with E-state index in [0.29, 0.717) is 51.1 Å². The molecule has 10 heteroatoms. The Kier molecular flexibility index (Phi) is 8.77. The number of rotatable bonds is 8. The van der Waals surface area contributed by atoms with E-state index in [1.165, 1.54) is 12.1 Å². The van der Waals surface area contributed by atoms with Gasteiger partial charge in [0.1, 0.15) is 0 Å². The second kappa shape index (κ2) is 11.8. The monoisotopic (exact) mass is 536 g/mol. The number of hydrogen-bond acceptors (Lipinski definition) is 5. The number of carbonyl (C=O) groups excluding carboxylic acids is 2. The van der Waals surface area contributed by atoms with Gasteiger partial charge in [0.15, 0.2) is 11.6 Å². The summed E-state index contributed by atoms with van der Waals surface area (Å²) >= 11 is 6.02. The molecule has 1 atom stereocenters. The highest BCUT2D eigenvalue weighted by molar-refractivity contribution is 7.89. The third-order valence-electron chi connectivity index (χ3n) is 6.74. The van der Waals surface area contributed by atoms with Crippen molar-refractivity contribution in [1.29, 1.82) is 0 Å². The van der Waals surface area contributed by atoms with Crippen LogP contribution in [0.25, 0.3) is 11.1 Å². The Morgan fingerprint density at radius 3 is 2.53 bits per heavy atom. The van der Waals surface area contributed by atoms with Gasteiger partial charge in [-0.1, -0.05) is 41.9 Å². The lowest BCUT2D eigenvalue weighted by atomic mass is 9.95. The van der Waals surface area contributed by atoms with Crippen LogP contribution in [0, 0.1) is 17.7 Å². The molecule has 0 bridgehead atoms. The number of ketones is 1. The van der Waals surface area contributed by atoms with Gasteiger partial charge >= 0.3 is 0 Å². The molecule has 1 N–H and O–H groups in total. The summed E-state index contributed by atoms with van der Waals surface area (Å²) in [7, 11) is -3.83. The Balaban J connectivity index is 1.37. The number of nitrogens with one attached hydrogen (secondary N) is 1. The van der Waals surface area contributed by atoms with Gasteiger partial charge in [-0.05, 0) is 54.9 Å². The van der Waals surface area contributed by atoms with Crippen LogP contribution in [-0.2, 0) is 19.6 Å². The first-order valence-electron chi connectivity index (χ1n) is 12.1. The van der Waals surface area contributed by atoms with Gasteiger partial charge in [0.25, 0.3) is 0 Å². The Bertz CT molecular complexity index is 1200. The van der Waals surface area contributed by atoms with Gasteiger partial charge in [0, 0.05) is 32.2 Å². The van der Waals surface area contributed by atoms with Crippen LogP contribution in [0.15, 0.2) is 42.5 Å². The number of amides is 1. The van der Waals surface area contributed by atoms with E-state index in [-0.39, 0.29) is 34.1 Å². The number of halogens is 2. The average Bonchev–Trinajstić information content (AvgIpc) is 2.89. The van der Waals surface area contributed by atoms with E-state index >= 15 is 0 Å². The Morgan fingerprint density at radius 2 is 1.81 bits per heavy atom. The van der Waals surface area contributed by atoms with Gasteiger partial charge in [-0.3, -0.25) is 9.59 Å². The standard InChI is InChI=1S/C26H30ClFN2O5S/c27-23-14-21(19-6-2-1-3-7-19)13-22(25(23)28)24(31)15-29-36(33,34)17-18-5-4-10-30(16-18)26(32)20-8-11-35-12-9-20/h1-3,6-7,13-14,18,20,29H,4-5,8-12,15-17H2. The van der Waals surface area contributed by atoms with Crippen LogP contribution in [0.3, 0.4) is 0 Å². The Hall–Kier alpha value is -2.33. The summed E-state index contributed by atoms with van der Waals surface area (Å²) in [6, 6.07) is 11.9. The van der Waals surface area contributed by atoms with Gasteiger partial charge in [-0.25, -0.2) is 17.5 Å². The molecule has 1 unspecified atom stereocenters. The molecule has 0 aromatic heterocycles.